The molecule has 1 N–H and O–H groups in total. The summed E-state index contributed by atoms with van der Waals surface area (Å²) in [5.41, 5.74) is 2.80. The zero-order valence-electron chi connectivity index (χ0n) is 16.1. The van der Waals surface area contributed by atoms with Crippen LogP contribution in [0.2, 0.25) is 0 Å². The fourth-order valence-corrected chi connectivity index (χ4v) is 3.53. The number of benzene rings is 1. The van der Waals surface area contributed by atoms with Gasteiger partial charge in [0, 0.05) is 12.2 Å². The number of allylic oxidation sites excluding steroid dienone is 2. The number of aryl methyl sites for hydroxylation is 2. The molecule has 1 saturated heterocycles. The summed E-state index contributed by atoms with van der Waals surface area (Å²) in [6, 6.07) is 5.52. The van der Waals surface area contributed by atoms with Gasteiger partial charge >= 0.3 is 5.97 Å². The number of hydrogen-bond acceptors (Lipinski definition) is 5. The molecule has 0 bridgehead atoms. The van der Waals surface area contributed by atoms with Crippen LogP contribution < -0.4 is 5.32 Å². The number of nitrogens with zero attached hydrogens (tertiary/aromatic N) is 1. The summed E-state index contributed by atoms with van der Waals surface area (Å²) >= 11 is 0. The zero-order valence-corrected chi connectivity index (χ0v) is 16.1. The molecular weight excluding hydrogens is 360 g/mol. The molecule has 1 fully saturated rings. The molecule has 3 amide bonds. The third-order valence-corrected chi connectivity index (χ3v) is 5.29. The molecule has 0 aromatic heterocycles. The molecule has 0 spiro atoms. The molecule has 1 aromatic carbocycles. The standard InChI is InChI=1S/C21H24N2O5/c1-13-7-8-15(11-14(13)2)22-18(24)12-28-19(25)9-10-23-20(26)16-5-3-4-6-17(16)21(23)27/h3-4,7-8,11,16-17H,5-6,9-10,12H2,1-2H3,(H,22,24)/t16-,17+. The van der Waals surface area contributed by atoms with Crippen LogP contribution in [-0.2, 0) is 23.9 Å². The lowest BCUT2D eigenvalue weighted by Crippen LogP contribution is -2.33. The van der Waals surface area contributed by atoms with Gasteiger partial charge in [0.25, 0.3) is 5.91 Å². The Bertz CT molecular complexity index is 819. The van der Waals surface area contributed by atoms with Crippen molar-refractivity contribution >= 4 is 29.4 Å². The van der Waals surface area contributed by atoms with Crippen molar-refractivity contribution in [2.45, 2.75) is 33.1 Å². The van der Waals surface area contributed by atoms with Gasteiger partial charge in [0.15, 0.2) is 6.61 Å². The Morgan fingerprint density at radius 2 is 1.71 bits per heavy atom. The van der Waals surface area contributed by atoms with Crippen LogP contribution in [0.25, 0.3) is 0 Å². The van der Waals surface area contributed by atoms with Gasteiger partial charge in [0.05, 0.1) is 18.3 Å². The van der Waals surface area contributed by atoms with Crippen LogP contribution in [0.4, 0.5) is 5.69 Å². The molecule has 0 unspecified atom stereocenters. The molecule has 1 aliphatic carbocycles. The lowest BCUT2D eigenvalue weighted by Gasteiger charge is -2.14. The number of ether oxygens (including phenoxy) is 1. The summed E-state index contributed by atoms with van der Waals surface area (Å²) < 4.78 is 4.97. The van der Waals surface area contributed by atoms with Crippen LogP contribution in [-0.4, -0.2) is 41.7 Å². The van der Waals surface area contributed by atoms with Crippen molar-refractivity contribution in [3.05, 3.63) is 41.5 Å². The number of amides is 3. The molecule has 1 heterocycles. The molecule has 2 aliphatic rings. The molecule has 148 valence electrons. The summed E-state index contributed by atoms with van der Waals surface area (Å²) in [5, 5.41) is 2.67. The summed E-state index contributed by atoms with van der Waals surface area (Å²) in [6.07, 6.45) is 4.83. The smallest absolute Gasteiger partial charge is 0.308 e. The van der Waals surface area contributed by atoms with Crippen molar-refractivity contribution in [3.8, 4) is 0 Å². The number of carbonyl (C=O) groups excluding carboxylic acids is 4. The van der Waals surface area contributed by atoms with Crippen LogP contribution in [0.15, 0.2) is 30.4 Å². The maximum atomic E-state index is 12.3. The van der Waals surface area contributed by atoms with E-state index in [1.54, 1.807) is 6.07 Å². The molecule has 0 radical (unpaired) electrons. The highest BCUT2D eigenvalue weighted by Gasteiger charge is 2.46. The fourth-order valence-electron chi connectivity index (χ4n) is 3.53. The largest absolute Gasteiger partial charge is 0.456 e. The quantitative estimate of drug-likeness (QED) is 0.461. The Morgan fingerprint density at radius 3 is 2.32 bits per heavy atom. The molecule has 1 aliphatic heterocycles. The van der Waals surface area contributed by atoms with Crippen LogP contribution >= 0.6 is 0 Å². The van der Waals surface area contributed by atoms with Crippen molar-refractivity contribution in [3.63, 3.8) is 0 Å². The van der Waals surface area contributed by atoms with E-state index >= 15 is 0 Å². The average Bonchev–Trinajstić information content (AvgIpc) is 2.92. The van der Waals surface area contributed by atoms with E-state index in [2.05, 4.69) is 5.32 Å². The number of likely N-dealkylation sites (tertiary alicyclic amines) is 1. The second-order valence-electron chi connectivity index (χ2n) is 7.24. The minimum absolute atomic E-state index is 0.0116. The van der Waals surface area contributed by atoms with E-state index in [9.17, 15) is 19.2 Å². The zero-order chi connectivity index (χ0) is 20.3. The van der Waals surface area contributed by atoms with E-state index in [0.29, 0.717) is 18.5 Å². The number of esters is 1. The van der Waals surface area contributed by atoms with Gasteiger partial charge < -0.3 is 10.1 Å². The highest BCUT2D eigenvalue weighted by molar-refractivity contribution is 6.05. The number of carbonyl (C=O) groups is 4. The number of imide groups is 1. The van der Waals surface area contributed by atoms with E-state index in [1.807, 2.05) is 38.1 Å². The number of nitrogens with one attached hydrogen (secondary N) is 1. The van der Waals surface area contributed by atoms with Gasteiger partial charge in [0.2, 0.25) is 11.8 Å². The Labute approximate surface area is 163 Å². The maximum Gasteiger partial charge on any atom is 0.308 e. The Hall–Kier alpha value is -2.96. The molecule has 28 heavy (non-hydrogen) atoms. The van der Waals surface area contributed by atoms with Crippen molar-refractivity contribution in [1.29, 1.82) is 0 Å². The van der Waals surface area contributed by atoms with Crippen molar-refractivity contribution in [2.24, 2.45) is 11.8 Å². The number of rotatable bonds is 6. The molecule has 0 saturated carbocycles. The predicted molar refractivity (Wildman–Crippen MR) is 102 cm³/mol. The topological polar surface area (TPSA) is 92.8 Å². The van der Waals surface area contributed by atoms with Crippen LogP contribution in [0, 0.1) is 25.7 Å². The molecule has 3 rings (SSSR count). The van der Waals surface area contributed by atoms with E-state index in [-0.39, 0.29) is 36.6 Å². The van der Waals surface area contributed by atoms with Crippen molar-refractivity contribution < 1.29 is 23.9 Å². The van der Waals surface area contributed by atoms with Crippen LogP contribution in [0.3, 0.4) is 0 Å². The molecule has 7 heteroatoms. The number of anilines is 1. The summed E-state index contributed by atoms with van der Waals surface area (Å²) in [4.78, 5) is 49.7. The maximum absolute atomic E-state index is 12.3. The number of hydrogen-bond donors (Lipinski definition) is 1. The second-order valence-corrected chi connectivity index (χ2v) is 7.24. The first-order valence-corrected chi connectivity index (χ1v) is 9.39. The van der Waals surface area contributed by atoms with Crippen molar-refractivity contribution in [2.75, 3.05) is 18.5 Å². The van der Waals surface area contributed by atoms with Gasteiger partial charge in [-0.15, -0.1) is 0 Å². The number of fused-ring (bicyclic) bond motifs is 1. The first-order chi connectivity index (χ1) is 13.4. The van der Waals surface area contributed by atoms with Crippen molar-refractivity contribution in [1.82, 2.24) is 4.90 Å². The third-order valence-electron chi connectivity index (χ3n) is 5.29. The van der Waals surface area contributed by atoms with Gasteiger partial charge in [-0.1, -0.05) is 18.2 Å². The molecule has 7 nitrogen and oxygen atoms in total. The van der Waals surface area contributed by atoms with Gasteiger partial charge in [0.1, 0.15) is 0 Å². The summed E-state index contributed by atoms with van der Waals surface area (Å²) in [6.45, 7) is 3.49. The van der Waals surface area contributed by atoms with Gasteiger partial charge in [-0.2, -0.15) is 0 Å². The minimum Gasteiger partial charge on any atom is -0.456 e. The fraction of sp³-hybridized carbons (Fsp3) is 0.429. The first-order valence-electron chi connectivity index (χ1n) is 9.39. The SMILES string of the molecule is Cc1ccc(NC(=O)COC(=O)CCN2C(=O)[C@H]3CC=CC[C@H]3C2=O)cc1C. The minimum atomic E-state index is -0.621. The first kappa shape index (κ1) is 19.8. The van der Waals surface area contributed by atoms with Gasteiger partial charge in [-0.3, -0.25) is 24.1 Å². The predicted octanol–water partition coefficient (Wildman–Crippen LogP) is 2.13. The highest BCUT2D eigenvalue weighted by Crippen LogP contribution is 2.34. The van der Waals surface area contributed by atoms with E-state index < -0.39 is 18.5 Å². The van der Waals surface area contributed by atoms with Gasteiger partial charge in [-0.25, -0.2) is 0 Å². The van der Waals surface area contributed by atoms with Crippen LogP contribution in [0.1, 0.15) is 30.4 Å². The molecule has 2 atom stereocenters. The van der Waals surface area contributed by atoms with Gasteiger partial charge in [-0.05, 0) is 49.9 Å². The van der Waals surface area contributed by atoms with Crippen LogP contribution in [0.5, 0.6) is 0 Å². The lowest BCUT2D eigenvalue weighted by atomic mass is 9.85. The summed E-state index contributed by atoms with van der Waals surface area (Å²) in [7, 11) is 0. The second kappa shape index (κ2) is 8.37. The monoisotopic (exact) mass is 384 g/mol. The normalized spacial score (nSPS) is 20.9. The molecule has 1 aromatic rings. The Balaban J connectivity index is 1.43. The van der Waals surface area contributed by atoms with E-state index in [1.165, 1.54) is 0 Å². The Kier molecular flexibility index (Phi) is 5.92. The Morgan fingerprint density at radius 1 is 1.07 bits per heavy atom. The van der Waals surface area contributed by atoms with E-state index in [0.717, 1.165) is 16.0 Å². The average molecular weight is 384 g/mol. The molecular formula is C21H24N2O5. The highest BCUT2D eigenvalue weighted by atomic mass is 16.5. The lowest BCUT2D eigenvalue weighted by molar-refractivity contribution is -0.148. The third kappa shape index (κ3) is 4.30. The summed E-state index contributed by atoms with van der Waals surface area (Å²) in [5.74, 6) is -2.13. The van der Waals surface area contributed by atoms with E-state index in [4.69, 9.17) is 4.74 Å².